The second-order valence-corrected chi connectivity index (χ2v) is 16.9. The van der Waals surface area contributed by atoms with Gasteiger partial charge in [-0.05, 0) is 85.3 Å². The van der Waals surface area contributed by atoms with Crippen LogP contribution >= 0.6 is 23.2 Å². The molecule has 13 heteroatoms. The van der Waals surface area contributed by atoms with E-state index in [0.29, 0.717) is 66.9 Å². The molecule has 1 fully saturated rings. The van der Waals surface area contributed by atoms with Gasteiger partial charge in [0.25, 0.3) is 0 Å². The van der Waals surface area contributed by atoms with Gasteiger partial charge in [0.2, 0.25) is 5.91 Å². The van der Waals surface area contributed by atoms with Gasteiger partial charge in [0, 0.05) is 65.7 Å². The van der Waals surface area contributed by atoms with Crippen molar-refractivity contribution in [1.29, 1.82) is 0 Å². The van der Waals surface area contributed by atoms with Crippen LogP contribution in [0.25, 0.3) is 33.2 Å². The van der Waals surface area contributed by atoms with Crippen molar-refractivity contribution in [3.8, 4) is 28.0 Å². The summed E-state index contributed by atoms with van der Waals surface area (Å²) in [6, 6.07) is 31.1. The summed E-state index contributed by atoms with van der Waals surface area (Å²) in [4.78, 5) is 38.5. The quantitative estimate of drug-likeness (QED) is 0.104. The van der Waals surface area contributed by atoms with E-state index >= 15 is 0 Å². The lowest BCUT2D eigenvalue weighted by atomic mass is 9.96. The highest BCUT2D eigenvalue weighted by Gasteiger charge is 2.28. The maximum Gasteiger partial charge on any atom is 0.410 e. The summed E-state index contributed by atoms with van der Waals surface area (Å²) in [5.41, 5.74) is 8.13. The largest absolute Gasteiger partial charge is 0.496 e. The average Bonchev–Trinajstić information content (AvgIpc) is 3.86. The Morgan fingerprint density at radius 3 is 2.28 bits per heavy atom. The summed E-state index contributed by atoms with van der Waals surface area (Å²) in [7, 11) is 3.01. The predicted molar refractivity (Wildman–Crippen MR) is 239 cm³/mol. The fourth-order valence-corrected chi connectivity index (χ4v) is 8.10. The van der Waals surface area contributed by atoms with Crippen LogP contribution in [0.3, 0.4) is 0 Å². The van der Waals surface area contributed by atoms with Gasteiger partial charge in [-0.2, -0.15) is 5.10 Å². The summed E-state index contributed by atoms with van der Waals surface area (Å²) in [5, 5.41) is 13.3. The molecule has 0 spiro atoms. The monoisotopic (exact) mass is 861 g/mol. The standard InChI is InChI=1S/C48H49Cl2N5O6/c1-48(2,3)61-47(58)54(29-36-20-21-44(56)53-36)27-31-14-16-32(17-15-31)37-8-6-10-39(45(37)50)38-9-7-11-42-40(38)26-52-55(42)28-35-23-43(59-4)34(22-41(35)49)25-51-24-30-12-18-33(19-13-30)46(57)60-5/h6-19,22-23,26,36,51H,20-21,24-25,27-29H2,1-5H3,(H,53,56)/t36-/m0/s1. The topological polar surface area (TPSA) is 124 Å². The number of amides is 2. The third-order valence-corrected chi connectivity index (χ3v) is 11.3. The Kier molecular flexibility index (Phi) is 13.3. The van der Waals surface area contributed by atoms with Crippen LogP contribution in [0.4, 0.5) is 4.79 Å². The van der Waals surface area contributed by atoms with Gasteiger partial charge >= 0.3 is 12.1 Å². The number of carbonyl (C=O) groups is 3. The minimum atomic E-state index is -0.650. The van der Waals surface area contributed by atoms with E-state index in [1.54, 1.807) is 24.1 Å². The molecule has 0 aliphatic carbocycles. The minimum Gasteiger partial charge on any atom is -0.496 e. The Hall–Kier alpha value is -5.88. The lowest BCUT2D eigenvalue weighted by Gasteiger charge is -2.29. The third kappa shape index (κ3) is 10.4. The molecule has 11 nitrogen and oxygen atoms in total. The summed E-state index contributed by atoms with van der Waals surface area (Å²) in [6.07, 6.45) is 2.57. The molecular weight excluding hydrogens is 813 g/mol. The van der Waals surface area contributed by atoms with E-state index in [0.717, 1.165) is 55.4 Å². The first-order chi connectivity index (χ1) is 29.3. The number of ether oxygens (including phenoxy) is 3. The third-order valence-electron chi connectivity index (χ3n) is 10.6. The van der Waals surface area contributed by atoms with Crippen molar-refractivity contribution in [1.82, 2.24) is 25.3 Å². The highest BCUT2D eigenvalue weighted by Crippen LogP contribution is 2.40. The van der Waals surface area contributed by atoms with E-state index in [-0.39, 0.29) is 17.9 Å². The Morgan fingerprint density at radius 2 is 1.59 bits per heavy atom. The Morgan fingerprint density at radius 1 is 0.885 bits per heavy atom. The number of halogens is 2. The predicted octanol–water partition coefficient (Wildman–Crippen LogP) is 9.83. The molecule has 0 unspecified atom stereocenters. The van der Waals surface area contributed by atoms with E-state index < -0.39 is 11.7 Å². The molecule has 1 atom stereocenters. The Bertz CT molecular complexity index is 2550. The fourth-order valence-electron chi connectivity index (χ4n) is 7.51. The molecule has 1 aromatic heterocycles. The van der Waals surface area contributed by atoms with Crippen molar-refractivity contribution in [2.75, 3.05) is 20.8 Å². The van der Waals surface area contributed by atoms with Crippen LogP contribution in [-0.2, 0) is 40.4 Å². The van der Waals surface area contributed by atoms with E-state index in [9.17, 15) is 14.4 Å². The van der Waals surface area contributed by atoms with Gasteiger partial charge < -0.3 is 29.7 Å². The number of nitrogens with zero attached hydrogens (tertiary/aromatic N) is 3. The molecule has 2 amide bonds. The number of aromatic nitrogens is 2. The second-order valence-electron chi connectivity index (χ2n) is 16.1. The lowest BCUT2D eigenvalue weighted by molar-refractivity contribution is -0.119. The van der Waals surface area contributed by atoms with Gasteiger partial charge in [0.15, 0.2) is 0 Å². The van der Waals surface area contributed by atoms with Gasteiger partial charge in [0.1, 0.15) is 11.4 Å². The van der Waals surface area contributed by atoms with Crippen LogP contribution in [0, 0.1) is 0 Å². The first kappa shape index (κ1) is 43.2. The molecule has 0 saturated carbocycles. The number of carbonyl (C=O) groups excluding carboxylic acids is 3. The van der Waals surface area contributed by atoms with Crippen molar-refractivity contribution in [2.45, 2.75) is 71.4 Å². The zero-order valence-electron chi connectivity index (χ0n) is 34.9. The molecule has 1 saturated heterocycles. The van der Waals surface area contributed by atoms with Gasteiger partial charge in [-0.3, -0.25) is 9.48 Å². The molecule has 61 heavy (non-hydrogen) atoms. The van der Waals surface area contributed by atoms with Crippen LogP contribution in [0.2, 0.25) is 10.0 Å². The fraction of sp³-hybridized carbons (Fsp3) is 0.292. The molecule has 0 radical (unpaired) electrons. The van der Waals surface area contributed by atoms with Crippen LogP contribution < -0.4 is 15.4 Å². The molecule has 1 aliphatic heterocycles. The molecule has 5 aromatic carbocycles. The number of rotatable bonds is 14. The molecule has 1 aliphatic rings. The number of hydrogen-bond acceptors (Lipinski definition) is 8. The summed E-state index contributed by atoms with van der Waals surface area (Å²) < 4.78 is 18.2. The number of methoxy groups -OCH3 is 2. The lowest BCUT2D eigenvalue weighted by Crippen LogP contribution is -2.43. The van der Waals surface area contributed by atoms with E-state index in [4.69, 9.17) is 42.5 Å². The maximum atomic E-state index is 13.2. The van der Waals surface area contributed by atoms with Crippen molar-refractivity contribution < 1.29 is 28.6 Å². The van der Waals surface area contributed by atoms with Gasteiger partial charge in [-0.25, -0.2) is 9.59 Å². The van der Waals surface area contributed by atoms with Gasteiger partial charge in [-0.1, -0.05) is 89.9 Å². The van der Waals surface area contributed by atoms with Crippen LogP contribution in [0.5, 0.6) is 5.75 Å². The molecule has 316 valence electrons. The van der Waals surface area contributed by atoms with Crippen molar-refractivity contribution >= 4 is 52.1 Å². The first-order valence-corrected chi connectivity index (χ1v) is 20.9. The zero-order chi connectivity index (χ0) is 43.3. The van der Waals surface area contributed by atoms with Crippen LogP contribution in [0.1, 0.15) is 66.2 Å². The second kappa shape index (κ2) is 18.8. The van der Waals surface area contributed by atoms with Crippen molar-refractivity contribution in [2.24, 2.45) is 0 Å². The number of hydrogen-bond donors (Lipinski definition) is 2. The molecule has 2 heterocycles. The number of fused-ring (bicyclic) bond motifs is 1. The molecule has 0 bridgehead atoms. The van der Waals surface area contributed by atoms with Gasteiger partial charge in [0.05, 0.1) is 43.1 Å². The normalized spacial score (nSPS) is 13.9. The number of nitrogens with one attached hydrogen (secondary N) is 2. The minimum absolute atomic E-state index is 0.000288. The van der Waals surface area contributed by atoms with Gasteiger partial charge in [-0.15, -0.1) is 0 Å². The van der Waals surface area contributed by atoms with Crippen LogP contribution in [0.15, 0.2) is 103 Å². The van der Waals surface area contributed by atoms with E-state index in [1.165, 1.54) is 7.11 Å². The Labute approximate surface area is 365 Å². The first-order valence-electron chi connectivity index (χ1n) is 20.1. The average molecular weight is 863 g/mol. The maximum absolute atomic E-state index is 13.2. The summed E-state index contributed by atoms with van der Waals surface area (Å²) >= 11 is 14.1. The molecule has 2 N–H and O–H groups in total. The summed E-state index contributed by atoms with van der Waals surface area (Å²) in [5.74, 6) is 0.343. The Balaban J connectivity index is 1.06. The van der Waals surface area contributed by atoms with Crippen molar-refractivity contribution in [3.05, 3.63) is 141 Å². The molecule has 6 aromatic rings. The van der Waals surface area contributed by atoms with Crippen molar-refractivity contribution in [3.63, 3.8) is 0 Å². The highest BCUT2D eigenvalue weighted by molar-refractivity contribution is 6.36. The SMILES string of the molecule is COC(=O)c1ccc(CNCc2cc(Cl)c(Cn3ncc4c(-c5cccc(-c6ccc(CN(C[C@@H]7CCC(=O)N7)C(=O)OC(C)(C)C)cc6)c5Cl)cccc43)cc2OC)cc1. The smallest absolute Gasteiger partial charge is 0.410 e. The van der Waals surface area contributed by atoms with E-state index in [2.05, 4.69) is 10.6 Å². The van der Waals surface area contributed by atoms with Crippen LogP contribution in [-0.4, -0.2) is 65.1 Å². The molecule has 7 rings (SSSR count). The van der Waals surface area contributed by atoms with E-state index in [1.807, 2.05) is 117 Å². The highest BCUT2D eigenvalue weighted by atomic mass is 35.5. The zero-order valence-corrected chi connectivity index (χ0v) is 36.4. The number of esters is 1. The summed E-state index contributed by atoms with van der Waals surface area (Å²) in [6.45, 7) is 7.75. The number of benzene rings is 5. The molecular formula is C48H49Cl2N5O6.